The number of hydrogen-bond acceptors (Lipinski definition) is 3. The van der Waals surface area contributed by atoms with Crippen LogP contribution in [0.4, 0.5) is 0 Å². The van der Waals surface area contributed by atoms with Gasteiger partial charge in [-0.1, -0.05) is 102 Å². The van der Waals surface area contributed by atoms with Crippen LogP contribution in [0.25, 0.3) is 50.5 Å². The molecule has 1 saturated carbocycles. The first-order valence-electron chi connectivity index (χ1n) is 18.3. The topological polar surface area (TPSA) is 50.9 Å². The summed E-state index contributed by atoms with van der Waals surface area (Å²) in [6, 6.07) is 28.6. The van der Waals surface area contributed by atoms with Gasteiger partial charge in [0.1, 0.15) is 11.6 Å². The zero-order valence-electron chi connectivity index (χ0n) is 31.1. The van der Waals surface area contributed by atoms with E-state index in [1.165, 1.54) is 52.8 Å². The van der Waals surface area contributed by atoms with E-state index in [4.69, 9.17) is 9.97 Å². The lowest BCUT2D eigenvalue weighted by Crippen LogP contribution is -2.17. The Balaban J connectivity index is 1.38. The maximum atomic E-state index is 12.1. The van der Waals surface area contributed by atoms with Gasteiger partial charge in [0.2, 0.25) is 0 Å². The smallest absolute Gasteiger partial charge is 0.149 e. The fraction of sp³-hybridized carbons (Fsp3) is 0.348. The van der Waals surface area contributed by atoms with Crippen molar-refractivity contribution >= 4 is 11.0 Å². The molecular formula is C46H49N3O. The number of phenols is 1. The third-order valence-electron chi connectivity index (χ3n) is 11.3. The van der Waals surface area contributed by atoms with Gasteiger partial charge in [0.15, 0.2) is 0 Å². The Bertz CT molecular complexity index is 2300. The Labute approximate surface area is 297 Å². The number of nitrogens with zero attached hydrogens (tertiary/aromatic N) is 3. The van der Waals surface area contributed by atoms with Gasteiger partial charge in [0, 0.05) is 28.3 Å². The molecule has 2 unspecified atom stereocenters. The molecule has 0 saturated heterocycles. The van der Waals surface area contributed by atoms with Crippen LogP contribution in [0.5, 0.6) is 5.75 Å². The van der Waals surface area contributed by atoms with Crippen LogP contribution in [0.1, 0.15) is 112 Å². The van der Waals surface area contributed by atoms with Gasteiger partial charge < -0.3 is 5.11 Å². The minimum Gasteiger partial charge on any atom is -0.507 e. The molecule has 2 bridgehead atoms. The number of aromatic nitrogens is 3. The van der Waals surface area contributed by atoms with Crippen molar-refractivity contribution in [3.63, 3.8) is 0 Å². The highest BCUT2D eigenvalue weighted by atomic mass is 16.3. The molecule has 1 N–H and O–H groups in total. The molecule has 0 aliphatic heterocycles. The SMILES string of the molecule is Cc1cc(C)c(-n2c(-c3cc(C(C)(C)C)cc(C(C)(C)C)c3O)nc3c(-c4cccc(-c5ccc6c(n5)C5CCC6C5)c4)cccc32)c(C)c1. The van der Waals surface area contributed by atoms with Crippen molar-refractivity contribution in [2.45, 2.75) is 104 Å². The van der Waals surface area contributed by atoms with Gasteiger partial charge in [-0.25, -0.2) is 4.98 Å². The number of fused-ring (bicyclic) bond motifs is 6. The number of aromatic hydroxyl groups is 1. The molecule has 4 aromatic carbocycles. The second-order valence-electron chi connectivity index (χ2n) is 17.1. The first-order chi connectivity index (χ1) is 23.7. The van der Waals surface area contributed by atoms with E-state index in [9.17, 15) is 5.11 Å². The molecule has 6 aromatic rings. The van der Waals surface area contributed by atoms with Crippen molar-refractivity contribution in [2.75, 3.05) is 0 Å². The molecule has 2 atom stereocenters. The molecule has 4 heteroatoms. The Morgan fingerprint density at radius 1 is 0.700 bits per heavy atom. The summed E-state index contributed by atoms with van der Waals surface area (Å²) < 4.78 is 2.29. The number of imidazole rings is 1. The number of para-hydroxylation sites is 1. The highest BCUT2D eigenvalue weighted by Crippen LogP contribution is 2.52. The third kappa shape index (κ3) is 5.27. The fourth-order valence-electron chi connectivity index (χ4n) is 8.75. The van der Waals surface area contributed by atoms with Crippen LogP contribution in [-0.4, -0.2) is 19.6 Å². The molecule has 50 heavy (non-hydrogen) atoms. The van der Waals surface area contributed by atoms with Crippen LogP contribution in [0, 0.1) is 20.8 Å². The zero-order valence-corrected chi connectivity index (χ0v) is 31.1. The van der Waals surface area contributed by atoms with Crippen molar-refractivity contribution in [3.05, 3.63) is 118 Å². The van der Waals surface area contributed by atoms with E-state index in [0.717, 1.165) is 56.1 Å². The van der Waals surface area contributed by atoms with E-state index in [0.29, 0.717) is 17.6 Å². The Morgan fingerprint density at radius 2 is 1.40 bits per heavy atom. The molecule has 1 fully saturated rings. The first kappa shape index (κ1) is 32.5. The van der Waals surface area contributed by atoms with Gasteiger partial charge in [-0.05, 0) is 109 Å². The van der Waals surface area contributed by atoms with Crippen molar-refractivity contribution in [1.29, 1.82) is 0 Å². The van der Waals surface area contributed by atoms with Crippen molar-refractivity contribution in [2.24, 2.45) is 0 Å². The van der Waals surface area contributed by atoms with Crippen LogP contribution < -0.4 is 0 Å². The van der Waals surface area contributed by atoms with Gasteiger partial charge in [-0.2, -0.15) is 0 Å². The number of benzene rings is 4. The van der Waals surface area contributed by atoms with Crippen LogP contribution >= 0.6 is 0 Å². The summed E-state index contributed by atoms with van der Waals surface area (Å²) in [7, 11) is 0. The van der Waals surface area contributed by atoms with Crippen molar-refractivity contribution < 1.29 is 5.11 Å². The molecule has 0 radical (unpaired) electrons. The molecule has 2 aliphatic carbocycles. The largest absolute Gasteiger partial charge is 0.507 e. The van der Waals surface area contributed by atoms with E-state index in [-0.39, 0.29) is 10.8 Å². The fourth-order valence-corrected chi connectivity index (χ4v) is 8.75. The molecule has 2 aliphatic rings. The number of pyridine rings is 1. The molecule has 0 spiro atoms. The van der Waals surface area contributed by atoms with E-state index in [1.54, 1.807) is 0 Å². The summed E-state index contributed by atoms with van der Waals surface area (Å²) in [5.74, 6) is 2.37. The van der Waals surface area contributed by atoms with Gasteiger partial charge >= 0.3 is 0 Å². The van der Waals surface area contributed by atoms with E-state index in [2.05, 4.69) is 146 Å². The van der Waals surface area contributed by atoms with E-state index in [1.807, 2.05) is 0 Å². The maximum absolute atomic E-state index is 12.1. The Morgan fingerprint density at radius 3 is 2.12 bits per heavy atom. The molecule has 2 heterocycles. The summed E-state index contributed by atoms with van der Waals surface area (Å²) in [6.07, 6.45) is 3.85. The highest BCUT2D eigenvalue weighted by molar-refractivity contribution is 5.97. The number of hydrogen-bond donors (Lipinski definition) is 1. The average Bonchev–Trinajstić information content (AvgIpc) is 3.78. The van der Waals surface area contributed by atoms with Crippen LogP contribution in [0.15, 0.2) is 78.9 Å². The average molecular weight is 660 g/mol. The van der Waals surface area contributed by atoms with Crippen LogP contribution in [0.3, 0.4) is 0 Å². The molecule has 4 nitrogen and oxygen atoms in total. The van der Waals surface area contributed by atoms with Gasteiger partial charge in [0.25, 0.3) is 0 Å². The minimum absolute atomic E-state index is 0.119. The maximum Gasteiger partial charge on any atom is 0.149 e. The summed E-state index contributed by atoms with van der Waals surface area (Å²) >= 11 is 0. The van der Waals surface area contributed by atoms with Crippen LogP contribution in [0.2, 0.25) is 0 Å². The zero-order chi connectivity index (χ0) is 35.3. The normalized spacial score (nSPS) is 17.1. The quantitative estimate of drug-likeness (QED) is 0.205. The Kier molecular flexibility index (Phi) is 7.42. The molecule has 8 rings (SSSR count). The second kappa shape index (κ2) is 11.4. The minimum atomic E-state index is -0.261. The summed E-state index contributed by atoms with van der Waals surface area (Å²) in [6.45, 7) is 19.7. The molecule has 2 aromatic heterocycles. The molecule has 254 valence electrons. The van der Waals surface area contributed by atoms with E-state index < -0.39 is 0 Å². The standard InChI is InChI=1S/C46H49N3O/c1-26-20-27(2)42(28(3)21-26)49-39-15-11-14-34(29-12-10-13-31(22-29)38-19-18-35-30-16-17-32(23-30)40(35)47-38)41(39)48-44(49)36-24-33(45(4,5)6)25-37(43(36)50)46(7,8)9/h10-15,18-22,24-25,30,32,50H,16-17,23H2,1-9H3. The predicted molar refractivity (Wildman–Crippen MR) is 208 cm³/mol. The van der Waals surface area contributed by atoms with Gasteiger partial charge in [-0.15, -0.1) is 0 Å². The van der Waals surface area contributed by atoms with Gasteiger partial charge in [-0.3, -0.25) is 9.55 Å². The third-order valence-corrected chi connectivity index (χ3v) is 11.3. The van der Waals surface area contributed by atoms with E-state index >= 15 is 0 Å². The predicted octanol–water partition coefficient (Wildman–Crippen LogP) is 12.0. The van der Waals surface area contributed by atoms with Crippen molar-refractivity contribution in [3.8, 4) is 45.2 Å². The number of aryl methyl sites for hydroxylation is 3. The lowest BCUT2D eigenvalue weighted by molar-refractivity contribution is 0.446. The number of rotatable bonds is 4. The lowest BCUT2D eigenvalue weighted by Gasteiger charge is -2.27. The molecular weight excluding hydrogens is 611 g/mol. The highest BCUT2D eigenvalue weighted by Gasteiger charge is 2.38. The van der Waals surface area contributed by atoms with Gasteiger partial charge in [0.05, 0.1) is 28.0 Å². The van der Waals surface area contributed by atoms with Crippen LogP contribution in [-0.2, 0) is 10.8 Å². The monoisotopic (exact) mass is 659 g/mol. The Hall–Kier alpha value is -4.70. The van der Waals surface area contributed by atoms with Crippen molar-refractivity contribution in [1.82, 2.24) is 14.5 Å². The summed E-state index contributed by atoms with van der Waals surface area (Å²) in [5, 5.41) is 12.1. The second-order valence-corrected chi connectivity index (χ2v) is 17.1. The number of phenolic OH excluding ortho intramolecular Hbond substituents is 1. The lowest BCUT2D eigenvalue weighted by atomic mass is 9.79. The molecule has 0 amide bonds. The summed E-state index contributed by atoms with van der Waals surface area (Å²) in [5.41, 5.74) is 16.2. The first-order valence-corrected chi connectivity index (χ1v) is 18.3. The summed E-state index contributed by atoms with van der Waals surface area (Å²) in [4.78, 5) is 10.8.